The van der Waals surface area contributed by atoms with Crippen molar-refractivity contribution in [3.8, 4) is 0 Å². The largest absolute Gasteiger partial charge is 0.338 e. The van der Waals surface area contributed by atoms with Crippen molar-refractivity contribution >= 4 is 33.6 Å². The Morgan fingerprint density at radius 1 is 1.41 bits per heavy atom. The fourth-order valence-electron chi connectivity index (χ4n) is 2.45. The fourth-order valence-corrected chi connectivity index (χ4v) is 3.45. The number of hydrogen-bond donors (Lipinski definition) is 1. The normalized spacial score (nSPS) is 19.5. The highest BCUT2D eigenvalue weighted by Crippen LogP contribution is 2.17. The third kappa shape index (κ3) is 5.12. The minimum absolute atomic E-state index is 0.139. The molecular weight excluding hydrogens is 324 g/mol. The molecule has 0 spiro atoms. The van der Waals surface area contributed by atoms with Gasteiger partial charge in [0.15, 0.2) is 0 Å². The first-order chi connectivity index (χ1) is 10.3. The van der Waals surface area contributed by atoms with Crippen molar-refractivity contribution in [1.82, 2.24) is 9.62 Å². The molecule has 1 fully saturated rings. The molecule has 1 N–H and O–H groups in total. The monoisotopic (exact) mass is 342 g/mol. The molecule has 120 valence electrons. The molecule has 1 aliphatic heterocycles. The zero-order chi connectivity index (χ0) is 16.2. The predicted molar refractivity (Wildman–Crippen MR) is 88.1 cm³/mol. The van der Waals surface area contributed by atoms with Crippen LogP contribution in [-0.4, -0.2) is 44.6 Å². The molecule has 1 amide bonds. The number of benzene rings is 1. The Morgan fingerprint density at radius 2 is 2.14 bits per heavy atom. The number of rotatable bonds is 4. The summed E-state index contributed by atoms with van der Waals surface area (Å²) in [5.74, 6) is -0.139. The summed E-state index contributed by atoms with van der Waals surface area (Å²) in [7, 11) is -3.26. The molecule has 0 bridgehead atoms. The zero-order valence-corrected chi connectivity index (χ0v) is 13.9. The Hall–Kier alpha value is -1.37. The Labute approximate surface area is 136 Å². The number of piperidine rings is 1. The van der Waals surface area contributed by atoms with Gasteiger partial charge >= 0.3 is 0 Å². The van der Waals surface area contributed by atoms with Crippen molar-refractivity contribution in [3.63, 3.8) is 0 Å². The number of nitrogens with zero attached hydrogens (tertiary/aromatic N) is 1. The first kappa shape index (κ1) is 17.0. The van der Waals surface area contributed by atoms with Gasteiger partial charge in [-0.2, -0.15) is 0 Å². The second-order valence-electron chi connectivity index (χ2n) is 5.37. The number of carbonyl (C=O) groups excluding carboxylic acids is 1. The second-order valence-corrected chi connectivity index (χ2v) is 7.56. The van der Waals surface area contributed by atoms with Gasteiger partial charge in [0, 0.05) is 30.2 Å². The molecule has 0 radical (unpaired) electrons. The second kappa shape index (κ2) is 7.26. The summed E-state index contributed by atoms with van der Waals surface area (Å²) in [6, 6.07) is 7.05. The van der Waals surface area contributed by atoms with E-state index in [1.54, 1.807) is 17.0 Å². The van der Waals surface area contributed by atoms with E-state index >= 15 is 0 Å². The number of nitrogens with one attached hydrogen (secondary N) is 1. The van der Waals surface area contributed by atoms with Gasteiger partial charge in [-0.15, -0.1) is 0 Å². The standard InChI is InChI=1S/C15H19ClN2O3S/c1-22(20,21)17-13-6-4-10-18(11-13)15(19)9-8-12-5-2-3-7-14(12)16/h2-3,5,7-9,13,17H,4,6,10-11H2,1H3/b9-8+/t13-/m1/s1. The Bertz CT molecular complexity index is 673. The van der Waals surface area contributed by atoms with Gasteiger partial charge in [0.2, 0.25) is 15.9 Å². The van der Waals surface area contributed by atoms with Gasteiger partial charge in [0.1, 0.15) is 0 Å². The maximum absolute atomic E-state index is 12.2. The molecule has 0 aliphatic carbocycles. The summed E-state index contributed by atoms with van der Waals surface area (Å²) in [5.41, 5.74) is 0.778. The van der Waals surface area contributed by atoms with Gasteiger partial charge in [-0.05, 0) is 30.5 Å². The maximum Gasteiger partial charge on any atom is 0.246 e. The molecule has 1 saturated heterocycles. The number of likely N-dealkylation sites (tertiary alicyclic amines) is 1. The van der Waals surface area contributed by atoms with E-state index in [0.717, 1.165) is 24.7 Å². The van der Waals surface area contributed by atoms with E-state index in [0.29, 0.717) is 18.1 Å². The van der Waals surface area contributed by atoms with E-state index in [2.05, 4.69) is 4.72 Å². The highest BCUT2D eigenvalue weighted by molar-refractivity contribution is 7.88. The van der Waals surface area contributed by atoms with Crippen LogP contribution in [0.5, 0.6) is 0 Å². The smallest absolute Gasteiger partial charge is 0.246 e. The van der Waals surface area contributed by atoms with Crippen LogP contribution in [0.15, 0.2) is 30.3 Å². The van der Waals surface area contributed by atoms with Crippen LogP contribution in [0.3, 0.4) is 0 Å². The van der Waals surface area contributed by atoms with Gasteiger partial charge < -0.3 is 4.90 Å². The molecule has 1 aromatic carbocycles. The number of sulfonamides is 1. The molecule has 1 aliphatic rings. The third-order valence-corrected chi connectivity index (χ3v) is 4.53. The van der Waals surface area contributed by atoms with Crippen LogP contribution < -0.4 is 4.72 Å². The van der Waals surface area contributed by atoms with Crippen LogP contribution in [0.2, 0.25) is 5.02 Å². The average Bonchev–Trinajstić information content (AvgIpc) is 2.44. The predicted octanol–water partition coefficient (Wildman–Crippen LogP) is 1.89. The van der Waals surface area contributed by atoms with E-state index in [1.807, 2.05) is 18.2 Å². The van der Waals surface area contributed by atoms with Crippen molar-refractivity contribution in [1.29, 1.82) is 0 Å². The van der Waals surface area contributed by atoms with E-state index in [1.165, 1.54) is 6.08 Å². The van der Waals surface area contributed by atoms with Gasteiger partial charge in [-0.25, -0.2) is 13.1 Å². The van der Waals surface area contributed by atoms with Crippen molar-refractivity contribution in [2.24, 2.45) is 0 Å². The summed E-state index contributed by atoms with van der Waals surface area (Å²) in [6.45, 7) is 1.02. The summed E-state index contributed by atoms with van der Waals surface area (Å²) in [5, 5.41) is 0.585. The molecule has 0 unspecified atom stereocenters. The molecule has 1 aromatic rings. The van der Waals surface area contributed by atoms with Crippen LogP contribution in [-0.2, 0) is 14.8 Å². The molecule has 7 heteroatoms. The lowest BCUT2D eigenvalue weighted by Crippen LogP contribution is -2.48. The van der Waals surface area contributed by atoms with Crippen LogP contribution >= 0.6 is 11.6 Å². The number of hydrogen-bond acceptors (Lipinski definition) is 3. The van der Waals surface area contributed by atoms with E-state index in [9.17, 15) is 13.2 Å². The SMILES string of the molecule is CS(=O)(=O)N[C@@H]1CCCN(C(=O)/C=C/c2ccccc2Cl)C1. The lowest BCUT2D eigenvalue weighted by molar-refractivity contribution is -0.127. The number of halogens is 1. The molecule has 22 heavy (non-hydrogen) atoms. The van der Waals surface area contributed by atoms with Crippen LogP contribution in [0.1, 0.15) is 18.4 Å². The fraction of sp³-hybridized carbons (Fsp3) is 0.400. The summed E-state index contributed by atoms with van der Waals surface area (Å²) < 4.78 is 25.1. The Balaban J connectivity index is 1.99. The van der Waals surface area contributed by atoms with Crippen molar-refractivity contribution in [2.45, 2.75) is 18.9 Å². The highest BCUT2D eigenvalue weighted by atomic mass is 35.5. The van der Waals surface area contributed by atoms with Crippen LogP contribution in [0, 0.1) is 0 Å². The lowest BCUT2D eigenvalue weighted by atomic mass is 10.1. The molecule has 0 saturated carbocycles. The average molecular weight is 343 g/mol. The minimum Gasteiger partial charge on any atom is -0.338 e. The number of carbonyl (C=O) groups is 1. The molecule has 1 heterocycles. The summed E-state index contributed by atoms with van der Waals surface area (Å²) >= 11 is 6.04. The first-order valence-corrected chi connectivity index (χ1v) is 9.31. The topological polar surface area (TPSA) is 66.5 Å². The van der Waals surface area contributed by atoms with Gasteiger partial charge in [-0.1, -0.05) is 29.8 Å². The quantitative estimate of drug-likeness (QED) is 0.850. The first-order valence-electron chi connectivity index (χ1n) is 7.04. The highest BCUT2D eigenvalue weighted by Gasteiger charge is 2.24. The molecule has 0 aromatic heterocycles. The van der Waals surface area contributed by atoms with E-state index < -0.39 is 10.0 Å². The summed E-state index contributed by atoms with van der Waals surface area (Å²) in [6.07, 6.45) is 5.80. The van der Waals surface area contributed by atoms with Gasteiger partial charge in [0.25, 0.3) is 0 Å². The van der Waals surface area contributed by atoms with E-state index in [-0.39, 0.29) is 11.9 Å². The van der Waals surface area contributed by atoms with Gasteiger partial charge in [0.05, 0.1) is 6.26 Å². The minimum atomic E-state index is -3.26. The lowest BCUT2D eigenvalue weighted by Gasteiger charge is -2.32. The summed E-state index contributed by atoms with van der Waals surface area (Å²) in [4.78, 5) is 13.9. The molecular formula is C15H19ClN2O3S. The zero-order valence-electron chi connectivity index (χ0n) is 12.3. The van der Waals surface area contributed by atoms with Crippen LogP contribution in [0.4, 0.5) is 0 Å². The van der Waals surface area contributed by atoms with Crippen molar-refractivity contribution in [3.05, 3.63) is 40.9 Å². The maximum atomic E-state index is 12.2. The Morgan fingerprint density at radius 3 is 2.82 bits per heavy atom. The van der Waals surface area contributed by atoms with E-state index in [4.69, 9.17) is 11.6 Å². The molecule has 5 nitrogen and oxygen atoms in total. The number of amides is 1. The van der Waals surface area contributed by atoms with Gasteiger partial charge in [-0.3, -0.25) is 4.79 Å². The van der Waals surface area contributed by atoms with Crippen molar-refractivity contribution < 1.29 is 13.2 Å². The third-order valence-electron chi connectivity index (χ3n) is 3.42. The van der Waals surface area contributed by atoms with Crippen molar-refractivity contribution in [2.75, 3.05) is 19.3 Å². The molecule has 2 rings (SSSR count). The Kier molecular flexibility index (Phi) is 5.61. The van der Waals surface area contributed by atoms with Crippen LogP contribution in [0.25, 0.3) is 6.08 Å². The molecule has 1 atom stereocenters.